The highest BCUT2D eigenvalue weighted by Gasteiger charge is 2.24. The highest BCUT2D eigenvalue weighted by atomic mass is 16.4. The van der Waals surface area contributed by atoms with E-state index in [-0.39, 0.29) is 17.8 Å². The van der Waals surface area contributed by atoms with Gasteiger partial charge in [0.25, 0.3) is 0 Å². The molecule has 1 unspecified atom stereocenters. The minimum atomic E-state index is -0.716. The Hall–Kier alpha value is -1.31. The molecule has 106 valence electrons. The Morgan fingerprint density at radius 2 is 1.63 bits per heavy atom. The van der Waals surface area contributed by atoms with Gasteiger partial charge in [-0.3, -0.25) is 4.79 Å². The Bertz CT molecular complexity index is 467. The maximum atomic E-state index is 11.1. The van der Waals surface area contributed by atoms with E-state index in [1.165, 1.54) is 22.3 Å². The summed E-state index contributed by atoms with van der Waals surface area (Å²) in [6.07, 6.45) is 1.10. The molecular formula is C17H26O2. The van der Waals surface area contributed by atoms with Crippen LogP contribution in [0.25, 0.3) is 0 Å². The van der Waals surface area contributed by atoms with Crippen LogP contribution >= 0.6 is 0 Å². The number of hydrogen-bond donors (Lipinski definition) is 1. The van der Waals surface area contributed by atoms with Crippen LogP contribution in [0, 0.1) is 26.2 Å². The fourth-order valence-corrected chi connectivity index (χ4v) is 2.66. The molecule has 0 aliphatic carbocycles. The summed E-state index contributed by atoms with van der Waals surface area (Å²) < 4.78 is 0. The Labute approximate surface area is 116 Å². The third-order valence-corrected chi connectivity index (χ3v) is 3.60. The van der Waals surface area contributed by atoms with Crippen LogP contribution in [0.15, 0.2) is 12.1 Å². The van der Waals surface area contributed by atoms with Gasteiger partial charge in [-0.1, -0.05) is 32.9 Å². The summed E-state index contributed by atoms with van der Waals surface area (Å²) in [6, 6.07) is 4.34. The summed E-state index contributed by atoms with van der Waals surface area (Å²) >= 11 is 0. The monoisotopic (exact) mass is 262 g/mol. The van der Waals surface area contributed by atoms with E-state index in [0.717, 1.165) is 6.42 Å². The third kappa shape index (κ3) is 4.70. The van der Waals surface area contributed by atoms with Crippen molar-refractivity contribution >= 4 is 5.97 Å². The Morgan fingerprint density at radius 1 is 1.11 bits per heavy atom. The zero-order chi connectivity index (χ0) is 14.8. The van der Waals surface area contributed by atoms with Gasteiger partial charge >= 0.3 is 5.97 Å². The van der Waals surface area contributed by atoms with Crippen LogP contribution in [0.1, 0.15) is 61.8 Å². The van der Waals surface area contributed by atoms with Crippen LogP contribution in [-0.2, 0) is 4.79 Å². The molecule has 2 heteroatoms. The van der Waals surface area contributed by atoms with Gasteiger partial charge in [0.15, 0.2) is 0 Å². The first kappa shape index (κ1) is 15.7. The van der Waals surface area contributed by atoms with Crippen LogP contribution in [0.4, 0.5) is 0 Å². The number of aliphatic carboxylic acids is 1. The van der Waals surface area contributed by atoms with Gasteiger partial charge < -0.3 is 5.11 Å². The quantitative estimate of drug-likeness (QED) is 0.860. The van der Waals surface area contributed by atoms with E-state index in [2.05, 4.69) is 53.7 Å². The normalized spacial score (nSPS) is 13.4. The first-order valence-electron chi connectivity index (χ1n) is 6.89. The van der Waals surface area contributed by atoms with Gasteiger partial charge in [0.05, 0.1) is 6.42 Å². The summed E-state index contributed by atoms with van der Waals surface area (Å²) in [5.41, 5.74) is 5.04. The molecule has 0 bridgehead atoms. The molecular weight excluding hydrogens is 236 g/mol. The van der Waals surface area contributed by atoms with Crippen molar-refractivity contribution in [3.63, 3.8) is 0 Å². The van der Waals surface area contributed by atoms with Crippen LogP contribution in [0.3, 0.4) is 0 Å². The van der Waals surface area contributed by atoms with Crippen LogP contribution in [0.2, 0.25) is 0 Å². The van der Waals surface area contributed by atoms with Gasteiger partial charge in [-0.25, -0.2) is 0 Å². The second kappa shape index (κ2) is 5.77. The van der Waals surface area contributed by atoms with Crippen molar-refractivity contribution in [1.82, 2.24) is 0 Å². The standard InChI is InChI=1S/C17H26O2/c1-11-7-13(3)15(8-12(11)2)14(9-16(18)19)10-17(4,5)6/h7-8,14H,9-10H2,1-6H3,(H,18,19). The van der Waals surface area contributed by atoms with E-state index in [1.54, 1.807) is 0 Å². The summed E-state index contributed by atoms with van der Waals surface area (Å²) in [7, 11) is 0. The topological polar surface area (TPSA) is 37.3 Å². The number of carboxylic acid groups (broad SMARTS) is 1. The molecule has 1 rings (SSSR count). The van der Waals surface area contributed by atoms with Crippen molar-refractivity contribution in [1.29, 1.82) is 0 Å². The molecule has 0 saturated carbocycles. The van der Waals surface area contributed by atoms with Gasteiger partial charge in [0.2, 0.25) is 0 Å². The first-order chi connectivity index (χ1) is 8.60. The summed E-state index contributed by atoms with van der Waals surface area (Å²) in [6.45, 7) is 12.8. The molecule has 1 N–H and O–H groups in total. The van der Waals surface area contributed by atoms with Gasteiger partial charge in [0.1, 0.15) is 0 Å². The summed E-state index contributed by atoms with van der Waals surface area (Å²) in [5.74, 6) is -0.622. The molecule has 2 nitrogen and oxygen atoms in total. The molecule has 1 atom stereocenters. The molecule has 0 heterocycles. The van der Waals surface area contributed by atoms with E-state index in [4.69, 9.17) is 5.11 Å². The van der Waals surface area contributed by atoms with Crippen molar-refractivity contribution in [2.45, 2.75) is 60.3 Å². The Morgan fingerprint density at radius 3 is 2.11 bits per heavy atom. The van der Waals surface area contributed by atoms with Crippen molar-refractivity contribution in [3.05, 3.63) is 34.4 Å². The lowest BCUT2D eigenvalue weighted by atomic mass is 9.78. The second-order valence-corrected chi connectivity index (χ2v) is 6.85. The smallest absolute Gasteiger partial charge is 0.303 e. The minimum Gasteiger partial charge on any atom is -0.481 e. The zero-order valence-electron chi connectivity index (χ0n) is 13.0. The minimum absolute atomic E-state index is 0.0943. The molecule has 0 aliphatic rings. The van der Waals surface area contributed by atoms with Crippen LogP contribution in [0.5, 0.6) is 0 Å². The van der Waals surface area contributed by atoms with Gasteiger partial charge in [-0.05, 0) is 60.8 Å². The number of rotatable bonds is 4. The lowest BCUT2D eigenvalue weighted by molar-refractivity contribution is -0.137. The molecule has 0 spiro atoms. The molecule has 0 amide bonds. The number of aryl methyl sites for hydroxylation is 3. The van der Waals surface area contributed by atoms with E-state index in [1.807, 2.05) is 0 Å². The van der Waals surface area contributed by atoms with Crippen molar-refractivity contribution in [2.24, 2.45) is 5.41 Å². The molecule has 0 aromatic heterocycles. The molecule has 1 aromatic rings. The average Bonchev–Trinajstić information content (AvgIpc) is 2.19. The fourth-order valence-electron chi connectivity index (χ4n) is 2.66. The SMILES string of the molecule is Cc1cc(C)c(C(CC(=O)O)CC(C)(C)C)cc1C. The molecule has 19 heavy (non-hydrogen) atoms. The number of carbonyl (C=O) groups is 1. The maximum Gasteiger partial charge on any atom is 0.303 e. The van der Waals surface area contributed by atoms with Crippen molar-refractivity contribution in [3.8, 4) is 0 Å². The fraction of sp³-hybridized carbons (Fsp3) is 0.588. The summed E-state index contributed by atoms with van der Waals surface area (Å²) in [5, 5.41) is 9.16. The molecule has 0 radical (unpaired) electrons. The van der Waals surface area contributed by atoms with Crippen molar-refractivity contribution < 1.29 is 9.90 Å². The maximum absolute atomic E-state index is 11.1. The number of carboxylic acids is 1. The highest BCUT2D eigenvalue weighted by molar-refractivity contribution is 5.68. The Balaban J connectivity index is 3.17. The van der Waals surface area contributed by atoms with Gasteiger partial charge in [0, 0.05) is 0 Å². The van der Waals surface area contributed by atoms with Gasteiger partial charge in [-0.2, -0.15) is 0 Å². The molecule has 0 aliphatic heterocycles. The zero-order valence-corrected chi connectivity index (χ0v) is 13.0. The lowest BCUT2D eigenvalue weighted by Gasteiger charge is -2.27. The van der Waals surface area contributed by atoms with Gasteiger partial charge in [-0.15, -0.1) is 0 Å². The van der Waals surface area contributed by atoms with E-state index >= 15 is 0 Å². The lowest BCUT2D eigenvalue weighted by Crippen LogP contribution is -2.16. The third-order valence-electron chi connectivity index (χ3n) is 3.60. The van der Waals surface area contributed by atoms with E-state index < -0.39 is 5.97 Å². The van der Waals surface area contributed by atoms with Crippen molar-refractivity contribution in [2.75, 3.05) is 0 Å². The molecule has 0 fully saturated rings. The molecule has 1 aromatic carbocycles. The predicted octanol–water partition coefficient (Wildman–Crippen LogP) is 4.61. The average molecular weight is 262 g/mol. The van der Waals surface area contributed by atoms with E-state index in [0.29, 0.717) is 0 Å². The molecule has 0 saturated heterocycles. The first-order valence-corrected chi connectivity index (χ1v) is 6.89. The second-order valence-electron chi connectivity index (χ2n) is 6.85. The largest absolute Gasteiger partial charge is 0.481 e. The van der Waals surface area contributed by atoms with E-state index in [9.17, 15) is 4.79 Å². The Kier molecular flexibility index (Phi) is 4.78. The predicted molar refractivity (Wildman–Crippen MR) is 79.7 cm³/mol. The van der Waals surface area contributed by atoms with Crippen LogP contribution in [-0.4, -0.2) is 11.1 Å². The number of benzene rings is 1. The van der Waals surface area contributed by atoms with Crippen LogP contribution < -0.4 is 0 Å². The highest BCUT2D eigenvalue weighted by Crippen LogP contribution is 2.35. The number of hydrogen-bond acceptors (Lipinski definition) is 1. The summed E-state index contributed by atoms with van der Waals surface area (Å²) in [4.78, 5) is 11.1.